The number of para-hydroxylation sites is 1. The van der Waals surface area contributed by atoms with Crippen molar-refractivity contribution in [3.8, 4) is 17.2 Å². The average molecular weight is 371 g/mol. The van der Waals surface area contributed by atoms with Gasteiger partial charge >= 0.3 is 0 Å². The van der Waals surface area contributed by atoms with E-state index in [0.717, 1.165) is 11.3 Å². The van der Waals surface area contributed by atoms with Crippen molar-refractivity contribution in [2.45, 2.75) is 18.4 Å². The van der Waals surface area contributed by atoms with Crippen LogP contribution in [-0.2, 0) is 16.6 Å². The van der Waals surface area contributed by atoms with Crippen molar-refractivity contribution < 1.29 is 17.9 Å². The zero-order valence-electron chi connectivity index (χ0n) is 14.0. The van der Waals surface area contributed by atoms with Crippen LogP contribution in [0.15, 0.2) is 59.6 Å². The first kappa shape index (κ1) is 16.6. The Morgan fingerprint density at radius 1 is 1.12 bits per heavy atom. The van der Waals surface area contributed by atoms with Crippen LogP contribution in [-0.4, -0.2) is 25.0 Å². The maximum absolute atomic E-state index is 12.7. The normalized spacial score (nSPS) is 13.1. The predicted octanol–water partition coefficient (Wildman–Crippen LogP) is 2.39. The number of hydrogen-bond acceptors (Lipinski definition) is 5. The van der Waals surface area contributed by atoms with E-state index in [1.165, 1.54) is 6.20 Å². The Morgan fingerprint density at radius 3 is 2.69 bits per heavy atom. The molecule has 1 aliphatic rings. The molecule has 1 aromatic heterocycles. The minimum Gasteiger partial charge on any atom is -0.454 e. The lowest BCUT2D eigenvalue weighted by Crippen LogP contribution is -2.23. The topological polar surface area (TPSA) is 82.5 Å². The van der Waals surface area contributed by atoms with Crippen molar-refractivity contribution >= 4 is 10.0 Å². The molecule has 0 aliphatic carbocycles. The van der Waals surface area contributed by atoms with Crippen molar-refractivity contribution in [1.29, 1.82) is 0 Å². The molecule has 0 fully saturated rings. The van der Waals surface area contributed by atoms with Gasteiger partial charge in [-0.3, -0.25) is 0 Å². The molecule has 0 spiro atoms. The third-order valence-corrected chi connectivity index (χ3v) is 5.57. The number of hydrogen-bond donors (Lipinski definition) is 1. The molecule has 26 heavy (non-hydrogen) atoms. The average Bonchev–Trinajstić information content (AvgIpc) is 3.27. The summed E-state index contributed by atoms with van der Waals surface area (Å²) in [5.41, 5.74) is 2.02. The number of nitrogens with zero attached hydrogens (tertiary/aromatic N) is 2. The number of aromatic nitrogens is 2. The van der Waals surface area contributed by atoms with Crippen LogP contribution in [0.25, 0.3) is 5.69 Å². The van der Waals surface area contributed by atoms with Crippen LogP contribution < -0.4 is 14.2 Å². The molecular formula is C18H17N3O4S. The van der Waals surface area contributed by atoms with Crippen LogP contribution >= 0.6 is 0 Å². The minimum absolute atomic E-state index is 0.148. The Morgan fingerprint density at radius 2 is 1.88 bits per heavy atom. The maximum Gasteiger partial charge on any atom is 0.244 e. The van der Waals surface area contributed by atoms with Gasteiger partial charge in [0.2, 0.25) is 16.8 Å². The molecule has 0 radical (unpaired) electrons. The first-order valence-electron chi connectivity index (χ1n) is 8.03. The van der Waals surface area contributed by atoms with E-state index in [0.29, 0.717) is 17.2 Å². The molecular weight excluding hydrogens is 354 g/mol. The van der Waals surface area contributed by atoms with Gasteiger partial charge in [0, 0.05) is 6.54 Å². The molecule has 8 heteroatoms. The highest BCUT2D eigenvalue weighted by Crippen LogP contribution is 2.32. The minimum atomic E-state index is -3.70. The highest BCUT2D eigenvalue weighted by atomic mass is 32.2. The molecule has 1 aliphatic heterocycles. The van der Waals surface area contributed by atoms with Crippen molar-refractivity contribution in [2.75, 3.05) is 6.79 Å². The van der Waals surface area contributed by atoms with Gasteiger partial charge in [-0.2, -0.15) is 5.10 Å². The summed E-state index contributed by atoms with van der Waals surface area (Å²) in [5, 5.41) is 4.31. The van der Waals surface area contributed by atoms with Gasteiger partial charge in [0.1, 0.15) is 4.90 Å². The van der Waals surface area contributed by atoms with Crippen LogP contribution in [0, 0.1) is 6.92 Å². The second-order valence-corrected chi connectivity index (χ2v) is 7.61. The molecule has 1 N–H and O–H groups in total. The highest BCUT2D eigenvalue weighted by Gasteiger charge is 2.21. The van der Waals surface area contributed by atoms with E-state index in [-0.39, 0.29) is 18.2 Å². The van der Waals surface area contributed by atoms with Gasteiger partial charge in [-0.25, -0.2) is 17.8 Å². The zero-order valence-corrected chi connectivity index (χ0v) is 14.9. The van der Waals surface area contributed by atoms with Gasteiger partial charge in [0.25, 0.3) is 0 Å². The van der Waals surface area contributed by atoms with Gasteiger partial charge in [-0.05, 0) is 36.8 Å². The summed E-state index contributed by atoms with van der Waals surface area (Å²) in [6.07, 6.45) is 1.52. The Kier molecular flexibility index (Phi) is 4.14. The molecule has 134 valence electrons. The van der Waals surface area contributed by atoms with Crippen LogP contribution in [0.3, 0.4) is 0 Å². The van der Waals surface area contributed by atoms with E-state index >= 15 is 0 Å². The Labute approximate surface area is 151 Å². The van der Waals surface area contributed by atoms with Crippen LogP contribution in [0.4, 0.5) is 0 Å². The summed E-state index contributed by atoms with van der Waals surface area (Å²) in [6.45, 7) is 2.01. The van der Waals surface area contributed by atoms with E-state index in [1.807, 2.05) is 30.3 Å². The van der Waals surface area contributed by atoms with Crippen molar-refractivity contribution in [3.63, 3.8) is 0 Å². The summed E-state index contributed by atoms with van der Waals surface area (Å²) < 4.78 is 40.1. The van der Waals surface area contributed by atoms with Gasteiger partial charge in [0.05, 0.1) is 17.6 Å². The lowest BCUT2D eigenvalue weighted by atomic mass is 10.2. The molecule has 7 nitrogen and oxygen atoms in total. The monoisotopic (exact) mass is 371 g/mol. The van der Waals surface area contributed by atoms with Gasteiger partial charge in [0.15, 0.2) is 11.5 Å². The summed E-state index contributed by atoms with van der Waals surface area (Å²) in [4.78, 5) is 0.155. The number of ether oxygens (including phenoxy) is 2. The summed E-state index contributed by atoms with van der Waals surface area (Å²) in [5.74, 6) is 1.28. The van der Waals surface area contributed by atoms with Crippen molar-refractivity contribution in [3.05, 3.63) is 66.0 Å². The molecule has 0 amide bonds. The number of fused-ring (bicyclic) bond motifs is 1. The van der Waals surface area contributed by atoms with Crippen molar-refractivity contribution in [1.82, 2.24) is 14.5 Å². The molecule has 2 aromatic carbocycles. The Balaban J connectivity index is 1.54. The quantitative estimate of drug-likeness (QED) is 0.745. The molecule has 4 rings (SSSR count). The second kappa shape index (κ2) is 6.47. The van der Waals surface area contributed by atoms with Crippen molar-refractivity contribution in [2.24, 2.45) is 0 Å². The summed E-state index contributed by atoms with van der Waals surface area (Å²) in [7, 11) is -3.70. The number of benzene rings is 2. The highest BCUT2D eigenvalue weighted by molar-refractivity contribution is 7.89. The number of aryl methyl sites for hydroxylation is 1. The molecule has 0 bridgehead atoms. The third kappa shape index (κ3) is 3.16. The SMILES string of the molecule is Cc1nn(-c2ccccc2)cc1S(=O)(=O)NCc1ccc2c(c1)OCO2. The van der Waals surface area contributed by atoms with E-state index in [1.54, 1.807) is 29.8 Å². The summed E-state index contributed by atoms with van der Waals surface area (Å²) in [6, 6.07) is 14.7. The number of rotatable bonds is 5. The molecule has 0 unspecified atom stereocenters. The van der Waals surface area contributed by atoms with Gasteiger partial charge in [-0.15, -0.1) is 0 Å². The molecule has 0 saturated carbocycles. The molecule has 0 saturated heterocycles. The van der Waals surface area contributed by atoms with Gasteiger partial charge < -0.3 is 9.47 Å². The van der Waals surface area contributed by atoms with Crippen LogP contribution in [0.2, 0.25) is 0 Å². The zero-order chi connectivity index (χ0) is 18.1. The Bertz CT molecular complexity index is 1050. The second-order valence-electron chi connectivity index (χ2n) is 5.87. The fraction of sp³-hybridized carbons (Fsp3) is 0.167. The Hall–Kier alpha value is -2.84. The molecule has 2 heterocycles. The summed E-state index contributed by atoms with van der Waals surface area (Å²) >= 11 is 0. The fourth-order valence-corrected chi connectivity index (χ4v) is 3.91. The first-order chi connectivity index (χ1) is 12.5. The van der Waals surface area contributed by atoms with E-state index < -0.39 is 10.0 Å². The molecule has 0 atom stereocenters. The van der Waals surface area contributed by atoms with Crippen LogP contribution in [0.5, 0.6) is 11.5 Å². The smallest absolute Gasteiger partial charge is 0.244 e. The van der Waals surface area contributed by atoms with E-state index in [9.17, 15) is 8.42 Å². The van der Waals surface area contributed by atoms with E-state index in [4.69, 9.17) is 9.47 Å². The number of sulfonamides is 1. The lowest BCUT2D eigenvalue weighted by Gasteiger charge is -2.06. The predicted molar refractivity (Wildman–Crippen MR) is 94.9 cm³/mol. The maximum atomic E-state index is 12.7. The first-order valence-corrected chi connectivity index (χ1v) is 9.51. The lowest BCUT2D eigenvalue weighted by molar-refractivity contribution is 0.174. The molecule has 3 aromatic rings. The standard InChI is InChI=1S/C18H17N3O4S/c1-13-18(11-21(20-13)15-5-3-2-4-6-15)26(22,23)19-10-14-7-8-16-17(9-14)25-12-24-16/h2-9,11,19H,10,12H2,1H3. The van der Waals surface area contributed by atoms with Crippen LogP contribution in [0.1, 0.15) is 11.3 Å². The van der Waals surface area contributed by atoms with Gasteiger partial charge in [-0.1, -0.05) is 24.3 Å². The number of nitrogens with one attached hydrogen (secondary N) is 1. The third-order valence-electron chi connectivity index (χ3n) is 4.07. The van der Waals surface area contributed by atoms with E-state index in [2.05, 4.69) is 9.82 Å². The fourth-order valence-electron chi connectivity index (χ4n) is 2.73. The largest absolute Gasteiger partial charge is 0.454 e.